The standard InChI is InChI=1S/C8H17F3N2/c1-3-7(2)13-5-4-12-6-8(9,10)11/h7,12-13H,3-6H2,1-2H3/t7-/m1/s1. The van der Waals surface area contributed by atoms with E-state index in [0.717, 1.165) is 6.42 Å². The Kier molecular flexibility index (Phi) is 6.07. The van der Waals surface area contributed by atoms with Crippen LogP contribution >= 0.6 is 0 Å². The van der Waals surface area contributed by atoms with Gasteiger partial charge in [-0.05, 0) is 13.3 Å². The van der Waals surface area contributed by atoms with Crippen molar-refractivity contribution in [1.82, 2.24) is 10.6 Å². The molecule has 0 aromatic heterocycles. The van der Waals surface area contributed by atoms with Crippen LogP contribution in [0.15, 0.2) is 0 Å². The maximum absolute atomic E-state index is 11.6. The molecule has 0 amide bonds. The Bertz CT molecular complexity index is 125. The van der Waals surface area contributed by atoms with Gasteiger partial charge in [0.25, 0.3) is 0 Å². The topological polar surface area (TPSA) is 24.1 Å². The number of hydrogen-bond donors (Lipinski definition) is 2. The molecule has 0 rings (SSSR count). The maximum Gasteiger partial charge on any atom is 0.401 e. The molecule has 0 bridgehead atoms. The number of alkyl halides is 3. The Hall–Kier alpha value is -0.290. The van der Waals surface area contributed by atoms with Crippen LogP contribution in [0.4, 0.5) is 13.2 Å². The number of halogens is 3. The smallest absolute Gasteiger partial charge is 0.313 e. The Labute approximate surface area is 76.9 Å². The first-order valence-corrected chi connectivity index (χ1v) is 4.46. The Morgan fingerprint density at radius 3 is 2.31 bits per heavy atom. The van der Waals surface area contributed by atoms with Gasteiger partial charge in [-0.1, -0.05) is 6.92 Å². The van der Waals surface area contributed by atoms with Crippen molar-refractivity contribution in [2.24, 2.45) is 0 Å². The lowest BCUT2D eigenvalue weighted by Gasteiger charge is -2.12. The van der Waals surface area contributed by atoms with Crippen molar-refractivity contribution >= 4 is 0 Å². The highest BCUT2D eigenvalue weighted by atomic mass is 19.4. The summed E-state index contributed by atoms with van der Waals surface area (Å²) < 4.78 is 34.9. The van der Waals surface area contributed by atoms with E-state index in [4.69, 9.17) is 0 Å². The van der Waals surface area contributed by atoms with Crippen molar-refractivity contribution in [1.29, 1.82) is 0 Å². The van der Waals surface area contributed by atoms with E-state index in [9.17, 15) is 13.2 Å². The molecule has 0 aromatic carbocycles. The molecule has 0 radical (unpaired) electrons. The van der Waals surface area contributed by atoms with Crippen LogP contribution in [-0.4, -0.2) is 31.9 Å². The number of hydrogen-bond acceptors (Lipinski definition) is 2. The lowest BCUT2D eigenvalue weighted by Crippen LogP contribution is -2.36. The fourth-order valence-electron chi connectivity index (χ4n) is 0.781. The van der Waals surface area contributed by atoms with E-state index in [2.05, 4.69) is 10.6 Å². The first-order valence-electron chi connectivity index (χ1n) is 4.46. The van der Waals surface area contributed by atoms with Crippen LogP contribution in [-0.2, 0) is 0 Å². The molecule has 1 atom stereocenters. The largest absolute Gasteiger partial charge is 0.401 e. The van der Waals surface area contributed by atoms with Gasteiger partial charge in [-0.25, -0.2) is 0 Å². The van der Waals surface area contributed by atoms with Crippen molar-refractivity contribution in [2.45, 2.75) is 32.5 Å². The predicted octanol–water partition coefficient (Wildman–Crippen LogP) is 1.53. The zero-order valence-corrected chi connectivity index (χ0v) is 8.04. The highest BCUT2D eigenvalue weighted by Gasteiger charge is 2.25. The summed E-state index contributed by atoms with van der Waals surface area (Å²) in [6.45, 7) is 4.05. The van der Waals surface area contributed by atoms with Gasteiger partial charge < -0.3 is 10.6 Å². The SMILES string of the molecule is CC[C@@H](C)NCCNCC(F)(F)F. The molecule has 0 aliphatic heterocycles. The van der Waals surface area contributed by atoms with Crippen molar-refractivity contribution in [3.63, 3.8) is 0 Å². The summed E-state index contributed by atoms with van der Waals surface area (Å²) in [6, 6.07) is 0.368. The third kappa shape index (κ3) is 9.63. The summed E-state index contributed by atoms with van der Waals surface area (Å²) >= 11 is 0. The third-order valence-corrected chi connectivity index (χ3v) is 1.73. The summed E-state index contributed by atoms with van der Waals surface area (Å²) in [4.78, 5) is 0. The molecule has 13 heavy (non-hydrogen) atoms. The van der Waals surface area contributed by atoms with Gasteiger partial charge in [0.1, 0.15) is 0 Å². The molecular weight excluding hydrogens is 181 g/mol. The second-order valence-electron chi connectivity index (χ2n) is 3.06. The van der Waals surface area contributed by atoms with Crippen LogP contribution in [0.2, 0.25) is 0 Å². The van der Waals surface area contributed by atoms with Crippen LogP contribution in [0.3, 0.4) is 0 Å². The quantitative estimate of drug-likeness (QED) is 0.632. The average molecular weight is 198 g/mol. The second-order valence-corrected chi connectivity index (χ2v) is 3.06. The molecule has 0 aliphatic rings. The zero-order chi connectivity index (χ0) is 10.3. The lowest BCUT2D eigenvalue weighted by atomic mass is 10.3. The van der Waals surface area contributed by atoms with E-state index in [0.29, 0.717) is 19.1 Å². The molecule has 0 aromatic rings. The lowest BCUT2D eigenvalue weighted by molar-refractivity contribution is -0.124. The van der Waals surface area contributed by atoms with Gasteiger partial charge in [0.15, 0.2) is 0 Å². The molecule has 80 valence electrons. The van der Waals surface area contributed by atoms with Crippen LogP contribution in [0.5, 0.6) is 0 Å². The van der Waals surface area contributed by atoms with E-state index in [1.165, 1.54) is 0 Å². The van der Waals surface area contributed by atoms with Crippen molar-refractivity contribution in [3.05, 3.63) is 0 Å². The van der Waals surface area contributed by atoms with E-state index in [-0.39, 0.29) is 0 Å². The maximum atomic E-state index is 11.6. The van der Waals surface area contributed by atoms with Gasteiger partial charge in [0.05, 0.1) is 6.54 Å². The van der Waals surface area contributed by atoms with E-state index < -0.39 is 12.7 Å². The van der Waals surface area contributed by atoms with Gasteiger partial charge in [0.2, 0.25) is 0 Å². The summed E-state index contributed by atoms with van der Waals surface area (Å²) in [5, 5.41) is 5.41. The second kappa shape index (κ2) is 6.21. The minimum atomic E-state index is -4.10. The summed E-state index contributed by atoms with van der Waals surface area (Å²) in [6.07, 6.45) is -3.12. The number of rotatable bonds is 6. The van der Waals surface area contributed by atoms with Gasteiger partial charge in [-0.2, -0.15) is 13.2 Å². The fourth-order valence-corrected chi connectivity index (χ4v) is 0.781. The van der Waals surface area contributed by atoms with Gasteiger partial charge >= 0.3 is 6.18 Å². The van der Waals surface area contributed by atoms with Crippen molar-refractivity contribution in [3.8, 4) is 0 Å². The molecule has 5 heteroatoms. The monoisotopic (exact) mass is 198 g/mol. The van der Waals surface area contributed by atoms with Crippen LogP contribution in [0.1, 0.15) is 20.3 Å². The van der Waals surface area contributed by atoms with Crippen LogP contribution in [0.25, 0.3) is 0 Å². The molecule has 2 nitrogen and oxygen atoms in total. The van der Waals surface area contributed by atoms with Gasteiger partial charge in [-0.3, -0.25) is 0 Å². The molecule has 2 N–H and O–H groups in total. The molecule has 0 unspecified atom stereocenters. The molecule has 0 spiro atoms. The summed E-state index contributed by atoms with van der Waals surface area (Å²) in [5.41, 5.74) is 0. The van der Waals surface area contributed by atoms with E-state index >= 15 is 0 Å². The molecule has 0 saturated heterocycles. The first-order chi connectivity index (χ1) is 5.95. The van der Waals surface area contributed by atoms with E-state index in [1.54, 1.807) is 0 Å². The van der Waals surface area contributed by atoms with Crippen LogP contribution < -0.4 is 10.6 Å². The van der Waals surface area contributed by atoms with E-state index in [1.807, 2.05) is 13.8 Å². The fraction of sp³-hybridized carbons (Fsp3) is 1.00. The molecule has 0 heterocycles. The highest BCUT2D eigenvalue weighted by molar-refractivity contribution is 4.61. The highest BCUT2D eigenvalue weighted by Crippen LogP contribution is 2.11. The Morgan fingerprint density at radius 2 is 1.85 bits per heavy atom. The van der Waals surface area contributed by atoms with Crippen molar-refractivity contribution in [2.75, 3.05) is 19.6 Å². The number of nitrogens with one attached hydrogen (secondary N) is 2. The normalized spacial score (nSPS) is 14.5. The summed E-state index contributed by atoms with van der Waals surface area (Å²) in [7, 11) is 0. The van der Waals surface area contributed by atoms with Crippen LogP contribution in [0, 0.1) is 0 Å². The Balaban J connectivity index is 3.18. The minimum absolute atomic E-state index is 0.351. The average Bonchev–Trinajstić information content (AvgIpc) is 2.01. The molecule has 0 aliphatic carbocycles. The first kappa shape index (κ1) is 12.7. The Morgan fingerprint density at radius 1 is 1.23 bits per heavy atom. The molecular formula is C8H17F3N2. The zero-order valence-electron chi connectivity index (χ0n) is 8.04. The van der Waals surface area contributed by atoms with Crippen molar-refractivity contribution < 1.29 is 13.2 Å². The summed E-state index contributed by atoms with van der Waals surface area (Å²) in [5.74, 6) is 0. The molecule has 0 saturated carbocycles. The van der Waals surface area contributed by atoms with Gasteiger partial charge in [0, 0.05) is 19.1 Å². The predicted molar refractivity (Wildman–Crippen MR) is 46.7 cm³/mol. The third-order valence-electron chi connectivity index (χ3n) is 1.73. The molecule has 0 fully saturated rings. The van der Waals surface area contributed by atoms with Gasteiger partial charge in [-0.15, -0.1) is 0 Å². The minimum Gasteiger partial charge on any atom is -0.313 e.